The highest BCUT2D eigenvalue weighted by atomic mass is 32.2. The summed E-state index contributed by atoms with van der Waals surface area (Å²) in [7, 11) is 2.49. The maximum atomic E-state index is 12.6. The molecule has 1 atom stereocenters. The number of para-hydroxylation sites is 1. The first-order valence-corrected chi connectivity index (χ1v) is 8.55. The lowest BCUT2D eigenvalue weighted by Gasteiger charge is -2.16. The first-order chi connectivity index (χ1) is 11.5. The standard InChI is InChI=1S/C16H16N4O3S/c1-19(2)15-6-4-3-5-11(15)10-24(23)16-17-13-8-7-12(20(21)22)9-14(13)18-16/h3-9H,10H2,1-2H3,(H,17,18). The number of hydrogen-bond acceptors (Lipinski definition) is 5. The Kier molecular flexibility index (Phi) is 4.30. The predicted molar refractivity (Wildman–Crippen MR) is 93.6 cm³/mol. The number of imidazole rings is 1. The van der Waals surface area contributed by atoms with Crippen molar-refractivity contribution in [3.63, 3.8) is 0 Å². The summed E-state index contributed by atoms with van der Waals surface area (Å²) in [6.07, 6.45) is 0. The number of nitro benzene ring substituents is 1. The van der Waals surface area contributed by atoms with E-state index < -0.39 is 15.7 Å². The van der Waals surface area contributed by atoms with Crippen LogP contribution in [0.15, 0.2) is 47.6 Å². The number of aromatic amines is 1. The molecule has 0 aliphatic heterocycles. The van der Waals surface area contributed by atoms with Crippen LogP contribution >= 0.6 is 0 Å². The molecule has 0 aliphatic rings. The lowest BCUT2D eigenvalue weighted by Crippen LogP contribution is -2.12. The number of rotatable bonds is 5. The van der Waals surface area contributed by atoms with Crippen molar-refractivity contribution in [2.75, 3.05) is 19.0 Å². The van der Waals surface area contributed by atoms with E-state index in [1.165, 1.54) is 12.1 Å². The molecular weight excluding hydrogens is 328 g/mol. The van der Waals surface area contributed by atoms with Crippen molar-refractivity contribution in [2.45, 2.75) is 10.9 Å². The number of nitro groups is 1. The largest absolute Gasteiger partial charge is 0.377 e. The molecule has 0 saturated carbocycles. The van der Waals surface area contributed by atoms with Gasteiger partial charge in [-0.25, -0.2) is 4.98 Å². The number of nitrogens with one attached hydrogen (secondary N) is 1. The summed E-state index contributed by atoms with van der Waals surface area (Å²) in [5.74, 6) is 0.316. The molecule has 1 unspecified atom stereocenters. The quantitative estimate of drug-likeness (QED) is 0.567. The second-order valence-electron chi connectivity index (χ2n) is 5.51. The molecule has 124 valence electrons. The summed E-state index contributed by atoms with van der Waals surface area (Å²) in [5, 5.41) is 11.2. The molecule has 24 heavy (non-hydrogen) atoms. The van der Waals surface area contributed by atoms with Gasteiger partial charge in [0.2, 0.25) is 0 Å². The van der Waals surface area contributed by atoms with Gasteiger partial charge >= 0.3 is 0 Å². The Morgan fingerprint density at radius 2 is 2.00 bits per heavy atom. The Bertz CT molecular complexity index is 936. The van der Waals surface area contributed by atoms with Crippen molar-refractivity contribution >= 4 is 33.2 Å². The minimum Gasteiger partial charge on any atom is -0.377 e. The van der Waals surface area contributed by atoms with Crippen molar-refractivity contribution in [1.82, 2.24) is 9.97 Å². The zero-order valence-electron chi connectivity index (χ0n) is 13.2. The third kappa shape index (κ3) is 3.13. The van der Waals surface area contributed by atoms with Crippen LogP contribution in [0.4, 0.5) is 11.4 Å². The zero-order chi connectivity index (χ0) is 17.3. The Balaban J connectivity index is 1.91. The molecule has 0 bridgehead atoms. The summed E-state index contributed by atoms with van der Waals surface area (Å²) in [5.41, 5.74) is 2.99. The van der Waals surface area contributed by atoms with Gasteiger partial charge in [0.25, 0.3) is 5.69 Å². The van der Waals surface area contributed by atoms with Gasteiger partial charge in [-0.3, -0.25) is 14.3 Å². The molecule has 0 amide bonds. The third-order valence-corrected chi connectivity index (χ3v) is 4.83. The van der Waals surface area contributed by atoms with E-state index in [0.29, 0.717) is 21.9 Å². The fourth-order valence-electron chi connectivity index (χ4n) is 2.47. The molecule has 1 aromatic heterocycles. The van der Waals surface area contributed by atoms with Gasteiger partial charge in [-0.2, -0.15) is 0 Å². The van der Waals surface area contributed by atoms with Crippen LogP contribution in [-0.2, 0) is 16.6 Å². The first-order valence-electron chi connectivity index (χ1n) is 7.23. The van der Waals surface area contributed by atoms with E-state index in [2.05, 4.69) is 9.97 Å². The minimum absolute atomic E-state index is 0.0264. The molecule has 1 N–H and O–H groups in total. The molecule has 1 heterocycles. The lowest BCUT2D eigenvalue weighted by atomic mass is 10.2. The molecule has 2 aromatic carbocycles. The molecule has 0 fully saturated rings. The number of anilines is 1. The Morgan fingerprint density at radius 1 is 1.25 bits per heavy atom. The van der Waals surface area contributed by atoms with Crippen molar-refractivity contribution in [3.8, 4) is 0 Å². The van der Waals surface area contributed by atoms with E-state index in [1.807, 2.05) is 43.3 Å². The fraction of sp³-hybridized carbons (Fsp3) is 0.188. The number of H-pyrrole nitrogens is 1. The van der Waals surface area contributed by atoms with Crippen LogP contribution in [-0.4, -0.2) is 33.2 Å². The van der Waals surface area contributed by atoms with Gasteiger partial charge in [-0.15, -0.1) is 0 Å². The highest BCUT2D eigenvalue weighted by molar-refractivity contribution is 7.84. The number of fused-ring (bicyclic) bond motifs is 1. The molecular formula is C16H16N4O3S. The van der Waals surface area contributed by atoms with Crippen LogP contribution in [0, 0.1) is 10.1 Å². The highest BCUT2D eigenvalue weighted by Gasteiger charge is 2.15. The summed E-state index contributed by atoms with van der Waals surface area (Å²) >= 11 is 0. The van der Waals surface area contributed by atoms with Crippen LogP contribution in [0.3, 0.4) is 0 Å². The van der Waals surface area contributed by atoms with Crippen LogP contribution in [0.1, 0.15) is 5.56 Å². The monoisotopic (exact) mass is 344 g/mol. The second-order valence-corrected chi connectivity index (χ2v) is 6.88. The maximum absolute atomic E-state index is 12.6. The van der Waals surface area contributed by atoms with Crippen LogP contribution in [0.2, 0.25) is 0 Å². The number of aromatic nitrogens is 2. The van der Waals surface area contributed by atoms with Crippen LogP contribution in [0.5, 0.6) is 0 Å². The van der Waals surface area contributed by atoms with E-state index in [4.69, 9.17) is 0 Å². The van der Waals surface area contributed by atoms with Gasteiger partial charge in [-0.1, -0.05) is 18.2 Å². The SMILES string of the molecule is CN(C)c1ccccc1CS(=O)c1nc2ccc([N+](=O)[O-])cc2[nH]1. The summed E-state index contributed by atoms with van der Waals surface area (Å²) in [6, 6.07) is 12.1. The molecule has 0 spiro atoms. The number of nitrogens with zero attached hydrogens (tertiary/aromatic N) is 3. The van der Waals surface area contributed by atoms with Gasteiger partial charge in [0.15, 0.2) is 5.16 Å². The summed E-state index contributed by atoms with van der Waals surface area (Å²) in [6.45, 7) is 0. The Labute approximate surface area is 140 Å². The second kappa shape index (κ2) is 6.40. The number of non-ortho nitro benzene ring substituents is 1. The van der Waals surface area contributed by atoms with Crippen LogP contribution < -0.4 is 4.90 Å². The van der Waals surface area contributed by atoms with Gasteiger partial charge < -0.3 is 9.88 Å². The third-order valence-electron chi connectivity index (χ3n) is 3.63. The van der Waals surface area contributed by atoms with Gasteiger partial charge in [-0.05, 0) is 17.7 Å². The lowest BCUT2D eigenvalue weighted by molar-refractivity contribution is -0.384. The van der Waals surface area contributed by atoms with E-state index >= 15 is 0 Å². The first kappa shape index (κ1) is 16.1. The highest BCUT2D eigenvalue weighted by Crippen LogP contribution is 2.23. The summed E-state index contributed by atoms with van der Waals surface area (Å²) < 4.78 is 12.6. The normalized spacial score (nSPS) is 12.2. The molecule has 0 radical (unpaired) electrons. The zero-order valence-corrected chi connectivity index (χ0v) is 14.0. The smallest absolute Gasteiger partial charge is 0.271 e. The maximum Gasteiger partial charge on any atom is 0.271 e. The van der Waals surface area contributed by atoms with Crippen molar-refractivity contribution in [2.24, 2.45) is 0 Å². The average Bonchev–Trinajstić information content (AvgIpc) is 2.98. The van der Waals surface area contributed by atoms with Gasteiger partial charge in [0.1, 0.15) is 0 Å². The molecule has 7 nitrogen and oxygen atoms in total. The van der Waals surface area contributed by atoms with Gasteiger partial charge in [0, 0.05) is 31.9 Å². The van der Waals surface area contributed by atoms with E-state index in [-0.39, 0.29) is 5.69 Å². The predicted octanol–water partition coefficient (Wildman–Crippen LogP) is 2.84. The number of benzene rings is 2. The van der Waals surface area contributed by atoms with E-state index in [0.717, 1.165) is 11.3 Å². The minimum atomic E-state index is -1.37. The topological polar surface area (TPSA) is 92.1 Å². The number of hydrogen-bond donors (Lipinski definition) is 1. The van der Waals surface area contributed by atoms with E-state index in [1.54, 1.807) is 6.07 Å². The van der Waals surface area contributed by atoms with Gasteiger partial charge in [0.05, 0.1) is 32.5 Å². The Hall–Kier alpha value is -2.74. The summed E-state index contributed by atoms with van der Waals surface area (Å²) in [4.78, 5) is 19.6. The molecule has 3 aromatic rings. The Morgan fingerprint density at radius 3 is 2.71 bits per heavy atom. The average molecular weight is 344 g/mol. The van der Waals surface area contributed by atoms with E-state index in [9.17, 15) is 14.3 Å². The van der Waals surface area contributed by atoms with Crippen LogP contribution in [0.25, 0.3) is 11.0 Å². The molecule has 3 rings (SSSR count). The molecule has 0 aliphatic carbocycles. The van der Waals surface area contributed by atoms with Crippen molar-refractivity contribution in [3.05, 3.63) is 58.1 Å². The molecule has 0 saturated heterocycles. The van der Waals surface area contributed by atoms with Crippen molar-refractivity contribution in [1.29, 1.82) is 0 Å². The fourth-order valence-corrected chi connectivity index (χ4v) is 3.56. The van der Waals surface area contributed by atoms with Crippen molar-refractivity contribution < 1.29 is 9.13 Å². The molecule has 8 heteroatoms.